The molecular weight excluding hydrogens is 227 g/mol. The van der Waals surface area contributed by atoms with E-state index in [1.54, 1.807) is 12.1 Å². The van der Waals surface area contributed by atoms with Crippen molar-refractivity contribution in [1.82, 2.24) is 10.2 Å². The largest absolute Gasteiger partial charge is 0.319 e. The molecule has 18 heavy (non-hydrogen) atoms. The van der Waals surface area contributed by atoms with E-state index in [4.69, 9.17) is 0 Å². The topological polar surface area (TPSA) is 15.3 Å². The first kappa shape index (κ1) is 13.5. The molecule has 1 heterocycles. The van der Waals surface area contributed by atoms with Crippen molar-refractivity contribution in [1.29, 1.82) is 0 Å². The van der Waals surface area contributed by atoms with Crippen LogP contribution in [0.3, 0.4) is 0 Å². The van der Waals surface area contributed by atoms with Crippen molar-refractivity contribution < 1.29 is 4.39 Å². The maximum absolute atomic E-state index is 13.1. The Hall–Kier alpha value is -0.930. The predicted molar refractivity (Wildman–Crippen MR) is 73.4 cm³/mol. The summed E-state index contributed by atoms with van der Waals surface area (Å²) in [7, 11) is 4.18. The Morgan fingerprint density at radius 3 is 2.61 bits per heavy atom. The molecule has 1 fully saturated rings. The van der Waals surface area contributed by atoms with Crippen molar-refractivity contribution in [2.75, 3.05) is 33.7 Å². The molecule has 2 rings (SSSR count). The van der Waals surface area contributed by atoms with Gasteiger partial charge in [-0.05, 0) is 64.1 Å². The van der Waals surface area contributed by atoms with Gasteiger partial charge in [0.15, 0.2) is 0 Å². The van der Waals surface area contributed by atoms with Gasteiger partial charge in [-0.3, -0.25) is 0 Å². The minimum atomic E-state index is -0.149. The maximum Gasteiger partial charge on any atom is 0.123 e. The van der Waals surface area contributed by atoms with E-state index < -0.39 is 0 Å². The fraction of sp³-hybridized carbons (Fsp3) is 0.600. The van der Waals surface area contributed by atoms with Crippen LogP contribution in [0, 0.1) is 5.82 Å². The van der Waals surface area contributed by atoms with Crippen molar-refractivity contribution in [3.8, 4) is 0 Å². The highest BCUT2D eigenvalue weighted by molar-refractivity contribution is 5.27. The standard InChI is InChI=1S/C15H23FN2/c1-17-12-15(8-3-10-18(2)11-9-15)13-4-6-14(16)7-5-13/h4-7,17H,3,8-12H2,1-2H3. The summed E-state index contributed by atoms with van der Waals surface area (Å²) in [6, 6.07) is 7.08. The van der Waals surface area contributed by atoms with Crippen molar-refractivity contribution in [2.45, 2.75) is 24.7 Å². The molecule has 1 aliphatic rings. The van der Waals surface area contributed by atoms with E-state index in [9.17, 15) is 4.39 Å². The smallest absolute Gasteiger partial charge is 0.123 e. The molecule has 100 valence electrons. The fourth-order valence-corrected chi connectivity index (χ4v) is 3.04. The average molecular weight is 250 g/mol. The molecule has 1 saturated heterocycles. The molecule has 0 aliphatic carbocycles. The molecule has 0 aromatic heterocycles. The van der Waals surface area contributed by atoms with E-state index >= 15 is 0 Å². The molecule has 1 unspecified atom stereocenters. The number of benzene rings is 1. The zero-order chi connectivity index (χ0) is 13.0. The quantitative estimate of drug-likeness (QED) is 0.886. The zero-order valence-corrected chi connectivity index (χ0v) is 11.4. The summed E-state index contributed by atoms with van der Waals surface area (Å²) in [6.07, 6.45) is 3.51. The number of nitrogens with one attached hydrogen (secondary N) is 1. The van der Waals surface area contributed by atoms with Gasteiger partial charge in [0.05, 0.1) is 0 Å². The Kier molecular flexibility index (Phi) is 4.36. The highest BCUT2D eigenvalue weighted by atomic mass is 19.1. The third-order valence-electron chi connectivity index (χ3n) is 4.14. The first-order valence-corrected chi connectivity index (χ1v) is 6.75. The molecular formula is C15H23FN2. The number of rotatable bonds is 3. The maximum atomic E-state index is 13.1. The molecule has 0 radical (unpaired) electrons. The second-order valence-corrected chi connectivity index (χ2v) is 5.47. The summed E-state index contributed by atoms with van der Waals surface area (Å²) >= 11 is 0. The van der Waals surface area contributed by atoms with Crippen LogP contribution in [0.1, 0.15) is 24.8 Å². The normalized spacial score (nSPS) is 25.9. The number of hydrogen-bond donors (Lipinski definition) is 1. The molecule has 0 bridgehead atoms. The lowest BCUT2D eigenvalue weighted by molar-refractivity contribution is 0.321. The van der Waals surface area contributed by atoms with Crippen molar-refractivity contribution in [3.63, 3.8) is 0 Å². The molecule has 0 amide bonds. The van der Waals surface area contributed by atoms with E-state index in [0.29, 0.717) is 0 Å². The summed E-state index contributed by atoms with van der Waals surface area (Å²) in [5, 5.41) is 3.32. The van der Waals surface area contributed by atoms with Gasteiger partial charge in [0.2, 0.25) is 0 Å². The summed E-state index contributed by atoms with van der Waals surface area (Å²) in [5.74, 6) is -0.149. The summed E-state index contributed by atoms with van der Waals surface area (Å²) in [4.78, 5) is 2.39. The summed E-state index contributed by atoms with van der Waals surface area (Å²) < 4.78 is 13.1. The number of likely N-dealkylation sites (tertiary alicyclic amines) is 1. The van der Waals surface area contributed by atoms with Gasteiger partial charge in [-0.2, -0.15) is 0 Å². The molecule has 0 saturated carbocycles. The van der Waals surface area contributed by atoms with Gasteiger partial charge in [-0.25, -0.2) is 4.39 Å². The zero-order valence-electron chi connectivity index (χ0n) is 11.4. The number of halogens is 1. The molecule has 1 N–H and O–H groups in total. The van der Waals surface area contributed by atoms with Gasteiger partial charge in [-0.1, -0.05) is 12.1 Å². The van der Waals surface area contributed by atoms with Gasteiger partial charge in [0.1, 0.15) is 5.82 Å². The van der Waals surface area contributed by atoms with Gasteiger partial charge in [0, 0.05) is 12.0 Å². The van der Waals surface area contributed by atoms with Crippen LogP contribution < -0.4 is 5.32 Å². The van der Waals surface area contributed by atoms with Gasteiger partial charge < -0.3 is 10.2 Å². The minimum Gasteiger partial charge on any atom is -0.319 e. The predicted octanol–water partition coefficient (Wildman–Crippen LogP) is 2.40. The average Bonchev–Trinajstić information content (AvgIpc) is 2.54. The van der Waals surface area contributed by atoms with Crippen LogP contribution in [0.2, 0.25) is 0 Å². The first-order chi connectivity index (χ1) is 8.66. The van der Waals surface area contributed by atoms with E-state index in [-0.39, 0.29) is 11.2 Å². The van der Waals surface area contributed by atoms with Gasteiger partial charge in [0.25, 0.3) is 0 Å². The van der Waals surface area contributed by atoms with Crippen LogP contribution in [-0.2, 0) is 5.41 Å². The van der Waals surface area contributed by atoms with Gasteiger partial charge in [-0.15, -0.1) is 0 Å². The second kappa shape index (κ2) is 5.81. The van der Waals surface area contributed by atoms with Crippen molar-refractivity contribution >= 4 is 0 Å². The Morgan fingerprint density at radius 1 is 1.22 bits per heavy atom. The molecule has 1 atom stereocenters. The van der Waals surface area contributed by atoms with Crippen molar-refractivity contribution in [3.05, 3.63) is 35.6 Å². The molecule has 1 aromatic rings. The highest BCUT2D eigenvalue weighted by Crippen LogP contribution is 2.34. The Bertz CT molecular complexity index is 377. The summed E-state index contributed by atoms with van der Waals surface area (Å²) in [5.41, 5.74) is 1.43. The van der Waals surface area contributed by atoms with Crippen LogP contribution in [0.4, 0.5) is 4.39 Å². The van der Waals surface area contributed by atoms with E-state index in [1.165, 1.54) is 18.4 Å². The molecule has 1 aromatic carbocycles. The first-order valence-electron chi connectivity index (χ1n) is 6.75. The third-order valence-corrected chi connectivity index (χ3v) is 4.14. The lowest BCUT2D eigenvalue weighted by atomic mass is 9.74. The SMILES string of the molecule is CNCC1(c2ccc(F)cc2)CCCN(C)CC1. The van der Waals surface area contributed by atoms with Crippen LogP contribution in [0.25, 0.3) is 0 Å². The van der Waals surface area contributed by atoms with E-state index in [0.717, 1.165) is 26.1 Å². The molecule has 1 aliphatic heterocycles. The second-order valence-electron chi connectivity index (χ2n) is 5.47. The Morgan fingerprint density at radius 2 is 1.94 bits per heavy atom. The highest BCUT2D eigenvalue weighted by Gasteiger charge is 2.33. The van der Waals surface area contributed by atoms with Crippen LogP contribution >= 0.6 is 0 Å². The van der Waals surface area contributed by atoms with Gasteiger partial charge >= 0.3 is 0 Å². The summed E-state index contributed by atoms with van der Waals surface area (Å²) in [6.45, 7) is 3.23. The number of hydrogen-bond acceptors (Lipinski definition) is 2. The monoisotopic (exact) mass is 250 g/mol. The number of likely N-dealkylation sites (N-methyl/N-ethyl adjacent to an activating group) is 1. The Labute approximate surface area is 109 Å². The fourth-order valence-electron chi connectivity index (χ4n) is 3.04. The minimum absolute atomic E-state index is 0.149. The van der Waals surface area contributed by atoms with Crippen LogP contribution in [0.15, 0.2) is 24.3 Å². The lowest BCUT2D eigenvalue weighted by Crippen LogP contribution is -2.37. The Balaban J connectivity index is 2.27. The molecule has 3 heteroatoms. The van der Waals surface area contributed by atoms with E-state index in [1.807, 2.05) is 19.2 Å². The number of nitrogens with zero attached hydrogens (tertiary/aromatic N) is 1. The van der Waals surface area contributed by atoms with Crippen molar-refractivity contribution in [2.24, 2.45) is 0 Å². The van der Waals surface area contributed by atoms with E-state index in [2.05, 4.69) is 17.3 Å². The van der Waals surface area contributed by atoms with Crippen LogP contribution in [0.5, 0.6) is 0 Å². The molecule has 2 nitrogen and oxygen atoms in total. The third kappa shape index (κ3) is 2.90. The molecule has 0 spiro atoms. The lowest BCUT2D eigenvalue weighted by Gasteiger charge is -2.33. The van der Waals surface area contributed by atoms with Crippen LogP contribution in [-0.4, -0.2) is 38.6 Å².